The van der Waals surface area contributed by atoms with E-state index in [9.17, 15) is 14.3 Å². The van der Waals surface area contributed by atoms with Crippen LogP contribution in [0.3, 0.4) is 0 Å². The number of hydrogen-bond donors (Lipinski definition) is 3. The Labute approximate surface area is 141 Å². The third-order valence-electron chi connectivity index (χ3n) is 3.42. The van der Waals surface area contributed by atoms with Gasteiger partial charge < -0.3 is 14.8 Å². The van der Waals surface area contributed by atoms with Gasteiger partial charge in [0, 0.05) is 5.56 Å². The van der Waals surface area contributed by atoms with Gasteiger partial charge in [-0.05, 0) is 30.3 Å². The molecular formula is C16H13ClFN3O3. The van der Waals surface area contributed by atoms with Crippen molar-refractivity contribution in [3.8, 4) is 11.3 Å². The van der Waals surface area contributed by atoms with Crippen LogP contribution in [0.15, 0.2) is 47.2 Å². The van der Waals surface area contributed by atoms with Crippen LogP contribution >= 0.6 is 11.6 Å². The van der Waals surface area contributed by atoms with Crippen molar-refractivity contribution in [3.63, 3.8) is 0 Å². The van der Waals surface area contributed by atoms with E-state index in [2.05, 4.69) is 15.5 Å². The number of hydrogen-bond acceptors (Lipinski definition) is 4. The Kier molecular flexibility index (Phi) is 4.64. The second-order valence-electron chi connectivity index (χ2n) is 5.03. The van der Waals surface area contributed by atoms with Gasteiger partial charge in [0.15, 0.2) is 0 Å². The summed E-state index contributed by atoms with van der Waals surface area (Å²) in [6, 6.07) is 7.36. The largest absolute Gasteiger partial charge is 0.467 e. The highest BCUT2D eigenvalue weighted by Crippen LogP contribution is 2.26. The molecule has 0 spiro atoms. The molecule has 2 heterocycles. The molecule has 8 heteroatoms. The number of aliphatic hydroxyl groups is 1. The molecule has 24 heavy (non-hydrogen) atoms. The second kappa shape index (κ2) is 6.86. The molecule has 3 rings (SSSR count). The minimum absolute atomic E-state index is 0.0266. The average Bonchev–Trinajstić information content (AvgIpc) is 3.26. The first-order valence-corrected chi connectivity index (χ1v) is 7.42. The number of halogens is 2. The van der Waals surface area contributed by atoms with Crippen LogP contribution in [0.1, 0.15) is 22.2 Å². The quantitative estimate of drug-likeness (QED) is 0.660. The summed E-state index contributed by atoms with van der Waals surface area (Å²) in [6.45, 7) is -0.0266. The molecule has 0 aliphatic rings. The zero-order chi connectivity index (χ0) is 17.1. The molecule has 0 aliphatic carbocycles. The number of aromatic amines is 1. The van der Waals surface area contributed by atoms with E-state index in [-0.39, 0.29) is 17.1 Å². The lowest BCUT2D eigenvalue weighted by Crippen LogP contribution is -2.28. The average molecular weight is 350 g/mol. The molecule has 3 aromatic rings. The predicted octanol–water partition coefficient (Wildman–Crippen LogP) is 2.93. The van der Waals surface area contributed by atoms with Crippen LogP contribution in [0.4, 0.5) is 4.39 Å². The molecule has 0 aliphatic heterocycles. The first-order chi connectivity index (χ1) is 11.6. The smallest absolute Gasteiger partial charge is 0.255 e. The van der Waals surface area contributed by atoms with Crippen LogP contribution in [0.25, 0.3) is 11.3 Å². The fraction of sp³-hybridized carbons (Fsp3) is 0.125. The monoisotopic (exact) mass is 349 g/mol. The van der Waals surface area contributed by atoms with Gasteiger partial charge in [-0.25, -0.2) is 4.39 Å². The number of aliphatic hydroxyl groups excluding tert-OH is 1. The molecule has 0 radical (unpaired) electrons. The molecule has 3 N–H and O–H groups in total. The van der Waals surface area contributed by atoms with E-state index in [1.54, 1.807) is 12.1 Å². The van der Waals surface area contributed by atoms with Crippen LogP contribution in [-0.4, -0.2) is 27.8 Å². The molecule has 0 saturated carbocycles. The number of H-pyrrole nitrogens is 1. The first kappa shape index (κ1) is 16.2. The number of aromatic nitrogens is 2. The molecule has 1 unspecified atom stereocenters. The Bertz CT molecular complexity index is 848. The highest BCUT2D eigenvalue weighted by Gasteiger charge is 2.18. The number of nitrogens with zero attached hydrogens (tertiary/aromatic N) is 1. The van der Waals surface area contributed by atoms with Crippen molar-refractivity contribution in [2.75, 3.05) is 6.54 Å². The minimum atomic E-state index is -0.959. The summed E-state index contributed by atoms with van der Waals surface area (Å²) in [5, 5.41) is 19.0. The van der Waals surface area contributed by atoms with Crippen molar-refractivity contribution < 1.29 is 18.7 Å². The maximum Gasteiger partial charge on any atom is 0.255 e. The zero-order valence-electron chi connectivity index (χ0n) is 12.3. The third-order valence-corrected chi connectivity index (χ3v) is 3.71. The van der Waals surface area contributed by atoms with Gasteiger partial charge in [-0.3, -0.25) is 9.89 Å². The Morgan fingerprint density at radius 3 is 3.00 bits per heavy atom. The first-order valence-electron chi connectivity index (χ1n) is 7.04. The fourth-order valence-electron chi connectivity index (χ4n) is 2.20. The Hall–Kier alpha value is -2.64. The van der Waals surface area contributed by atoms with Gasteiger partial charge in [-0.1, -0.05) is 11.6 Å². The topological polar surface area (TPSA) is 91.2 Å². The molecule has 1 atom stereocenters. The van der Waals surface area contributed by atoms with Gasteiger partial charge in [0.2, 0.25) is 0 Å². The highest BCUT2D eigenvalue weighted by atomic mass is 35.5. The highest BCUT2D eigenvalue weighted by molar-refractivity contribution is 6.31. The zero-order valence-corrected chi connectivity index (χ0v) is 13.0. The van der Waals surface area contributed by atoms with Gasteiger partial charge >= 0.3 is 0 Å². The fourth-order valence-corrected chi connectivity index (χ4v) is 2.38. The minimum Gasteiger partial charge on any atom is -0.467 e. The van der Waals surface area contributed by atoms with E-state index < -0.39 is 17.8 Å². The lowest BCUT2D eigenvalue weighted by molar-refractivity contribution is 0.0902. The third kappa shape index (κ3) is 3.32. The summed E-state index contributed by atoms with van der Waals surface area (Å²) in [5.41, 5.74) is 1.18. The van der Waals surface area contributed by atoms with E-state index in [1.807, 2.05) is 0 Å². The number of benzene rings is 1. The van der Waals surface area contributed by atoms with Gasteiger partial charge in [0.25, 0.3) is 5.91 Å². The van der Waals surface area contributed by atoms with Gasteiger partial charge in [0.05, 0.1) is 35.3 Å². The van der Waals surface area contributed by atoms with Crippen molar-refractivity contribution in [1.29, 1.82) is 0 Å². The lowest BCUT2D eigenvalue weighted by atomic mass is 10.1. The molecular weight excluding hydrogens is 337 g/mol. The van der Waals surface area contributed by atoms with Crippen molar-refractivity contribution in [2.24, 2.45) is 0 Å². The molecule has 2 aromatic heterocycles. The molecule has 0 bridgehead atoms. The lowest BCUT2D eigenvalue weighted by Gasteiger charge is -2.10. The van der Waals surface area contributed by atoms with Crippen molar-refractivity contribution in [1.82, 2.24) is 15.5 Å². The van der Waals surface area contributed by atoms with Gasteiger partial charge in [0.1, 0.15) is 17.7 Å². The number of carbonyl (C=O) groups excluding carboxylic acids is 1. The predicted molar refractivity (Wildman–Crippen MR) is 85.0 cm³/mol. The van der Waals surface area contributed by atoms with Gasteiger partial charge in [-0.2, -0.15) is 5.10 Å². The standard InChI is InChI=1S/C16H13ClFN3O3/c17-11-6-9(3-4-12(11)18)15-10(7-20-21-15)16(23)19-8-13(22)14-2-1-5-24-14/h1-7,13,22H,8H2,(H,19,23)(H,20,21). The summed E-state index contributed by atoms with van der Waals surface area (Å²) in [4.78, 5) is 12.3. The van der Waals surface area contributed by atoms with E-state index in [4.69, 9.17) is 16.0 Å². The molecule has 124 valence electrons. The number of rotatable bonds is 5. The molecule has 0 fully saturated rings. The number of carbonyl (C=O) groups is 1. The maximum atomic E-state index is 13.3. The number of amides is 1. The normalized spacial score (nSPS) is 12.1. The van der Waals surface area contributed by atoms with Crippen LogP contribution in [-0.2, 0) is 0 Å². The Morgan fingerprint density at radius 1 is 1.46 bits per heavy atom. The van der Waals surface area contributed by atoms with Crippen molar-refractivity contribution >= 4 is 17.5 Å². The van der Waals surface area contributed by atoms with Gasteiger partial charge in [-0.15, -0.1) is 0 Å². The summed E-state index contributed by atoms with van der Waals surface area (Å²) in [7, 11) is 0. The molecule has 1 amide bonds. The SMILES string of the molecule is O=C(NCC(O)c1ccco1)c1cn[nH]c1-c1ccc(F)c(Cl)c1. The van der Waals surface area contributed by atoms with E-state index in [1.165, 1.54) is 30.7 Å². The summed E-state index contributed by atoms with van der Waals surface area (Å²) in [5.74, 6) is -0.634. The van der Waals surface area contributed by atoms with Crippen LogP contribution in [0.5, 0.6) is 0 Å². The van der Waals surface area contributed by atoms with Crippen LogP contribution in [0.2, 0.25) is 5.02 Å². The maximum absolute atomic E-state index is 13.3. The van der Waals surface area contributed by atoms with Crippen molar-refractivity contribution in [3.05, 3.63) is 65.0 Å². The molecule has 6 nitrogen and oxygen atoms in total. The molecule has 0 saturated heterocycles. The Morgan fingerprint density at radius 2 is 2.29 bits per heavy atom. The molecule has 1 aromatic carbocycles. The summed E-state index contributed by atoms with van der Waals surface area (Å²) in [6.07, 6.45) is 1.83. The van der Waals surface area contributed by atoms with E-state index in [0.717, 1.165) is 0 Å². The van der Waals surface area contributed by atoms with E-state index in [0.29, 0.717) is 17.0 Å². The number of furan rings is 1. The van der Waals surface area contributed by atoms with Crippen molar-refractivity contribution in [2.45, 2.75) is 6.10 Å². The van der Waals surface area contributed by atoms with E-state index >= 15 is 0 Å². The Balaban J connectivity index is 1.74. The summed E-state index contributed by atoms with van der Waals surface area (Å²) >= 11 is 5.77. The van der Waals surface area contributed by atoms with Crippen LogP contribution < -0.4 is 5.32 Å². The second-order valence-corrected chi connectivity index (χ2v) is 5.44. The number of nitrogens with one attached hydrogen (secondary N) is 2. The van der Waals surface area contributed by atoms with Crippen LogP contribution in [0, 0.1) is 5.82 Å². The summed E-state index contributed by atoms with van der Waals surface area (Å²) < 4.78 is 18.3.